The van der Waals surface area contributed by atoms with Crippen molar-refractivity contribution in [1.29, 1.82) is 0 Å². The Morgan fingerprint density at radius 3 is 0.690 bits per heavy atom. The Morgan fingerprint density at radius 1 is 0.310 bits per heavy atom. The average molecular weight is 549 g/mol. The monoisotopic (exact) mass is 548 g/mol. The second-order valence-corrected chi connectivity index (χ2v) is 6.03. The van der Waals surface area contributed by atoms with Gasteiger partial charge >= 0.3 is 52.5 Å². The number of hydrogen-bond donors (Lipinski definition) is 0. The maximum Gasteiger partial charge on any atom is 0.438 e. The smallest absolute Gasteiger partial charge is 0.219 e. The fourth-order valence-corrected chi connectivity index (χ4v) is 2.14. The zero-order chi connectivity index (χ0) is 24.5. The lowest BCUT2D eigenvalue weighted by Gasteiger charge is -2.46. The van der Waals surface area contributed by atoms with Crippen LogP contribution < -0.4 is 0 Å². The van der Waals surface area contributed by atoms with Crippen molar-refractivity contribution in [2.24, 2.45) is 0 Å². The van der Waals surface area contributed by atoms with Gasteiger partial charge in [0.1, 0.15) is 0 Å². The first-order valence-corrected chi connectivity index (χ1v) is 6.57. The maximum absolute atomic E-state index is 13.4. The maximum atomic E-state index is 13.4. The minimum atomic E-state index is -9.00. The Kier molecular flexibility index (Phi) is 6.38. The lowest BCUT2D eigenvalue weighted by molar-refractivity contribution is -0.467. The highest BCUT2D eigenvalue weighted by Gasteiger charge is 2.99. The summed E-state index contributed by atoms with van der Waals surface area (Å²) in [5.74, 6) is -26.8. The van der Waals surface area contributed by atoms with Gasteiger partial charge in [-0.2, -0.15) is 74.6 Å². The van der Waals surface area contributed by atoms with E-state index in [1.165, 1.54) is 0 Å². The van der Waals surface area contributed by atoms with Crippen LogP contribution in [0.2, 0.25) is 0 Å². The summed E-state index contributed by atoms with van der Waals surface area (Å²) < 4.78 is 241. The van der Waals surface area contributed by atoms with Crippen LogP contribution in [0, 0.1) is 0 Å². The molecule has 0 N–H and O–H groups in total. The van der Waals surface area contributed by atoms with Crippen LogP contribution in [0.5, 0.6) is 0 Å². The Labute approximate surface area is 153 Å². The number of alkyl halides is 20. The molecule has 0 bridgehead atoms. The van der Waals surface area contributed by atoms with E-state index >= 15 is 0 Å². The van der Waals surface area contributed by atoms with Gasteiger partial charge in [-0.3, -0.25) is 0 Å². The topological polar surface area (TPSA) is 0 Å². The summed E-state index contributed by atoms with van der Waals surface area (Å²) in [5, 5.41) is 0. The van der Waals surface area contributed by atoms with Gasteiger partial charge < -0.3 is 0 Å². The summed E-state index contributed by atoms with van der Waals surface area (Å²) in [6.07, 6.45) is -24.6. The van der Waals surface area contributed by atoms with E-state index in [9.17, 15) is 83.4 Å². The average Bonchev–Trinajstić information content (AvgIpc) is 2.39. The van der Waals surface area contributed by atoms with E-state index in [2.05, 4.69) is 0 Å². The predicted octanol–water partition coefficient (Wildman–Crippen LogP) is 6.98. The number of hydrogen-bond acceptors (Lipinski definition) is 0. The first-order chi connectivity index (χ1) is 12.0. The van der Waals surface area contributed by atoms with Crippen molar-refractivity contribution in [1.82, 2.24) is 0 Å². The summed E-state index contributed by atoms with van der Waals surface area (Å²) in [6, 6.07) is 0. The van der Waals surface area contributed by atoms with Crippen molar-refractivity contribution in [3.8, 4) is 0 Å². The van der Waals surface area contributed by atoms with E-state index in [1.54, 1.807) is 0 Å². The molecule has 0 radical (unpaired) electrons. The van der Waals surface area contributed by atoms with E-state index in [0.29, 0.717) is 0 Å². The molecule has 0 heterocycles. The molecule has 1 atom stereocenters. The van der Waals surface area contributed by atoms with Gasteiger partial charge in [0.2, 0.25) is 0 Å². The minimum absolute atomic E-state index is 0.137. The first-order valence-electron chi connectivity index (χ1n) is 5.78. The summed E-state index contributed by atoms with van der Waals surface area (Å²) in [4.78, 5) is -7.04. The normalized spacial score (nSPS) is 18.6. The molecule has 0 saturated heterocycles. The van der Waals surface area contributed by atoms with Crippen molar-refractivity contribution in [2.75, 3.05) is 0 Å². The molecule has 0 saturated carbocycles. The first kappa shape index (κ1) is 28.1. The summed E-state index contributed by atoms with van der Waals surface area (Å²) in [7, 11) is 0. The molecule has 20 heteroatoms. The molecule has 0 amide bonds. The predicted molar refractivity (Wildman–Crippen MR) is 54.6 cm³/mol. The molecule has 0 aliphatic carbocycles. The van der Waals surface area contributed by atoms with Crippen molar-refractivity contribution in [3.63, 3.8) is 0 Å². The Bertz CT molecular complexity index is 519. The molecule has 0 aliphatic heterocycles. The molecule has 0 fully saturated rings. The van der Waals surface area contributed by atoms with Crippen LogP contribution in [0.1, 0.15) is 0 Å². The van der Waals surface area contributed by atoms with Gasteiger partial charge in [0.25, 0.3) is 0 Å². The number of rotatable bonds is 5. The van der Waals surface area contributed by atoms with E-state index in [4.69, 9.17) is 0 Å². The molecule has 0 rings (SSSR count). The molecule has 0 spiro atoms. The van der Waals surface area contributed by atoms with Crippen LogP contribution in [0.3, 0.4) is 0 Å². The molecule has 0 aromatic heterocycles. The lowest BCUT2D eigenvalue weighted by atomic mass is 9.82. The molecule has 0 aromatic rings. The molecule has 0 aliphatic rings. The Morgan fingerprint density at radius 2 is 0.517 bits per heavy atom. The van der Waals surface area contributed by atoms with Gasteiger partial charge in [0.15, 0.2) is 0 Å². The van der Waals surface area contributed by atoms with E-state index < -0.39 is 52.5 Å². The molecule has 0 unspecified atom stereocenters. The zero-order valence-corrected chi connectivity index (χ0v) is 13.6. The third-order valence-corrected chi connectivity index (χ3v) is 3.76. The van der Waals surface area contributed by atoms with Crippen LogP contribution in [0.25, 0.3) is 0 Å². The fraction of sp³-hybridized carbons (Fsp3) is 1.00. The Balaban J connectivity index is 7.27. The lowest BCUT2D eigenvalue weighted by Crippen LogP contribution is -2.79. The van der Waals surface area contributed by atoms with Crippen molar-refractivity contribution < 1.29 is 83.4 Å². The van der Waals surface area contributed by atoms with Crippen LogP contribution in [0.4, 0.5) is 83.4 Å². The summed E-state index contributed by atoms with van der Waals surface area (Å²) in [6.45, 7) is 0. The molecule has 0 nitrogen and oxygen atoms in total. The van der Waals surface area contributed by atoms with E-state index in [1.807, 2.05) is 0 Å². The standard InChI is InChI=1S/C9BrF19/c10-6(19,20)1(11,7(21,22)23)3(13,14)5(17,18)4(15,16)2(12,8(24,25)26)9(27,28)29/t1-/m1/s1. The van der Waals surface area contributed by atoms with Crippen LogP contribution in [-0.2, 0) is 0 Å². The molecular formula is C9BrF19. The van der Waals surface area contributed by atoms with Gasteiger partial charge in [0.05, 0.1) is 0 Å². The van der Waals surface area contributed by atoms with Crippen molar-refractivity contribution in [3.05, 3.63) is 0 Å². The van der Waals surface area contributed by atoms with Gasteiger partial charge in [-0.05, 0) is 15.9 Å². The van der Waals surface area contributed by atoms with Crippen LogP contribution in [0.15, 0.2) is 0 Å². The molecule has 176 valence electrons. The summed E-state index contributed by atoms with van der Waals surface area (Å²) in [5.41, 5.74) is -17.0. The third-order valence-electron chi connectivity index (χ3n) is 3.22. The second-order valence-electron chi connectivity index (χ2n) is 5.03. The second kappa shape index (κ2) is 6.57. The zero-order valence-electron chi connectivity index (χ0n) is 12.1. The van der Waals surface area contributed by atoms with Crippen LogP contribution >= 0.6 is 15.9 Å². The molecule has 0 aromatic carbocycles. The van der Waals surface area contributed by atoms with Gasteiger partial charge in [0, 0.05) is 0 Å². The molecular weight excluding hydrogens is 549 g/mol. The van der Waals surface area contributed by atoms with Gasteiger partial charge in [-0.15, -0.1) is 0 Å². The summed E-state index contributed by atoms with van der Waals surface area (Å²) >= 11 is 0.137. The van der Waals surface area contributed by atoms with Gasteiger partial charge in [-0.25, -0.2) is 8.78 Å². The quantitative estimate of drug-likeness (QED) is 0.257. The minimum Gasteiger partial charge on any atom is -0.219 e. The largest absolute Gasteiger partial charge is 0.438 e. The third kappa shape index (κ3) is 3.39. The van der Waals surface area contributed by atoms with E-state index in [0.717, 1.165) is 0 Å². The van der Waals surface area contributed by atoms with Crippen molar-refractivity contribution >= 4 is 15.9 Å². The highest BCUT2D eigenvalue weighted by molar-refractivity contribution is 9.10. The SMILES string of the molecule is FC(F)(F)C(F)(C(F)(F)F)C(F)(F)C(F)(F)C(F)(F)[C@](F)(C(F)(F)F)C(F)(F)Br. The van der Waals surface area contributed by atoms with Crippen LogP contribution in [-0.4, -0.2) is 52.5 Å². The highest BCUT2D eigenvalue weighted by Crippen LogP contribution is 2.67. The highest BCUT2D eigenvalue weighted by atomic mass is 79.9. The number of halogens is 20. The van der Waals surface area contributed by atoms with Crippen molar-refractivity contribution in [2.45, 2.75) is 52.5 Å². The van der Waals surface area contributed by atoms with E-state index in [-0.39, 0.29) is 15.9 Å². The molecule has 29 heavy (non-hydrogen) atoms. The Hall–Kier alpha value is -0.850. The van der Waals surface area contributed by atoms with Gasteiger partial charge in [-0.1, -0.05) is 0 Å². The fourth-order valence-electron chi connectivity index (χ4n) is 1.66.